The van der Waals surface area contributed by atoms with Gasteiger partial charge in [0.1, 0.15) is 19.8 Å². The van der Waals surface area contributed by atoms with Gasteiger partial charge in [-0.2, -0.15) is 0 Å². The number of allylic oxidation sites excluding steroid dienone is 2. The zero-order valence-electron chi connectivity index (χ0n) is 39.5. The highest BCUT2D eigenvalue weighted by Gasteiger charge is 2.27. The fourth-order valence-corrected chi connectivity index (χ4v) is 7.87. The number of unbranched alkanes of at least 4 members (excludes halogenated alkanes) is 30. The molecular formula is C49H97NO8P+. The average Bonchev–Trinajstić information content (AvgIpc) is 3.19. The Kier molecular flexibility index (Phi) is 41.2. The summed E-state index contributed by atoms with van der Waals surface area (Å²) in [5.41, 5.74) is 0. The smallest absolute Gasteiger partial charge is 0.462 e. The largest absolute Gasteiger partial charge is 0.472 e. The molecule has 0 aromatic rings. The molecule has 0 saturated carbocycles. The second kappa shape index (κ2) is 42.1. The van der Waals surface area contributed by atoms with Gasteiger partial charge in [0.15, 0.2) is 6.10 Å². The number of phosphoric ester groups is 1. The van der Waals surface area contributed by atoms with E-state index in [0.29, 0.717) is 23.9 Å². The van der Waals surface area contributed by atoms with Crippen LogP contribution in [-0.4, -0.2) is 74.9 Å². The van der Waals surface area contributed by atoms with E-state index in [0.717, 1.165) is 32.1 Å². The van der Waals surface area contributed by atoms with Gasteiger partial charge in [-0.15, -0.1) is 0 Å². The average molecular weight is 859 g/mol. The van der Waals surface area contributed by atoms with Gasteiger partial charge in [-0.1, -0.05) is 199 Å². The molecule has 10 heteroatoms. The molecular weight excluding hydrogens is 762 g/mol. The van der Waals surface area contributed by atoms with Crippen molar-refractivity contribution in [1.82, 2.24) is 0 Å². The standard InChI is InChI=1S/C49H96NO8P/c1-6-8-10-12-14-16-18-20-22-24-25-26-28-29-31-33-35-37-39-41-48(51)55-45-47(46-57-59(53,54)56-44-43-50(3,4)5)58-49(52)42-40-38-36-34-32-30-27-23-21-19-17-15-13-11-9-7-2/h20,22,47H,6-19,21,23-46H2,1-5H3/p+1/b22-20+/t47-/m1/s1. The van der Waals surface area contributed by atoms with Crippen LogP contribution in [0.15, 0.2) is 12.2 Å². The van der Waals surface area contributed by atoms with Crippen LogP contribution in [0.1, 0.15) is 239 Å². The summed E-state index contributed by atoms with van der Waals surface area (Å²) in [6.45, 7) is 4.46. The monoisotopic (exact) mass is 859 g/mol. The van der Waals surface area contributed by atoms with Gasteiger partial charge in [0.05, 0.1) is 27.7 Å². The van der Waals surface area contributed by atoms with Crippen LogP contribution in [0, 0.1) is 0 Å². The quantitative estimate of drug-likeness (QED) is 0.0212. The number of quaternary nitrogens is 1. The third-order valence-electron chi connectivity index (χ3n) is 11.0. The summed E-state index contributed by atoms with van der Waals surface area (Å²) < 4.78 is 34.4. The molecule has 59 heavy (non-hydrogen) atoms. The number of esters is 2. The van der Waals surface area contributed by atoms with Crippen LogP contribution in [-0.2, 0) is 32.7 Å². The van der Waals surface area contributed by atoms with E-state index in [2.05, 4.69) is 26.0 Å². The lowest BCUT2D eigenvalue weighted by Crippen LogP contribution is -2.37. The molecule has 0 radical (unpaired) electrons. The second-order valence-electron chi connectivity index (χ2n) is 18.2. The first-order chi connectivity index (χ1) is 28.5. The van der Waals surface area contributed by atoms with Crippen molar-refractivity contribution in [3.8, 4) is 0 Å². The van der Waals surface area contributed by atoms with Crippen LogP contribution in [0.2, 0.25) is 0 Å². The Morgan fingerprint density at radius 2 is 0.864 bits per heavy atom. The number of likely N-dealkylation sites (N-methyl/N-ethyl adjacent to an activating group) is 1. The number of hydrogen-bond acceptors (Lipinski definition) is 7. The van der Waals surface area contributed by atoms with Crippen molar-refractivity contribution in [2.75, 3.05) is 47.5 Å². The minimum atomic E-state index is -4.37. The van der Waals surface area contributed by atoms with Crippen molar-refractivity contribution in [3.05, 3.63) is 12.2 Å². The lowest BCUT2D eigenvalue weighted by Gasteiger charge is -2.24. The molecule has 2 atom stereocenters. The van der Waals surface area contributed by atoms with E-state index in [1.165, 1.54) is 173 Å². The summed E-state index contributed by atoms with van der Waals surface area (Å²) in [6, 6.07) is 0. The topological polar surface area (TPSA) is 108 Å². The molecule has 0 heterocycles. The molecule has 1 N–H and O–H groups in total. The number of carbonyl (C=O) groups excluding carboxylic acids is 2. The van der Waals surface area contributed by atoms with E-state index >= 15 is 0 Å². The van der Waals surface area contributed by atoms with Crippen LogP contribution < -0.4 is 0 Å². The second-order valence-corrected chi connectivity index (χ2v) is 19.7. The van der Waals surface area contributed by atoms with Crippen molar-refractivity contribution in [2.24, 2.45) is 0 Å². The van der Waals surface area contributed by atoms with Gasteiger partial charge in [-0.3, -0.25) is 18.6 Å². The van der Waals surface area contributed by atoms with Gasteiger partial charge < -0.3 is 18.9 Å². The van der Waals surface area contributed by atoms with E-state index in [-0.39, 0.29) is 25.6 Å². The minimum absolute atomic E-state index is 0.0349. The number of rotatable bonds is 46. The summed E-state index contributed by atoms with van der Waals surface area (Å²) in [6.07, 6.45) is 45.4. The first-order valence-corrected chi connectivity index (χ1v) is 26.4. The summed E-state index contributed by atoms with van der Waals surface area (Å²) >= 11 is 0. The first-order valence-electron chi connectivity index (χ1n) is 24.9. The molecule has 9 nitrogen and oxygen atoms in total. The molecule has 0 rings (SSSR count). The normalized spacial score (nSPS) is 13.5. The first kappa shape index (κ1) is 57.8. The van der Waals surface area contributed by atoms with Crippen molar-refractivity contribution >= 4 is 19.8 Å². The molecule has 0 spiro atoms. The van der Waals surface area contributed by atoms with Crippen molar-refractivity contribution in [2.45, 2.75) is 245 Å². The molecule has 1 unspecified atom stereocenters. The molecule has 0 aliphatic heterocycles. The fraction of sp³-hybridized carbons (Fsp3) is 0.918. The third-order valence-corrected chi connectivity index (χ3v) is 12.0. The molecule has 0 fully saturated rings. The zero-order chi connectivity index (χ0) is 43.6. The van der Waals surface area contributed by atoms with Gasteiger partial charge in [-0.25, -0.2) is 4.57 Å². The lowest BCUT2D eigenvalue weighted by atomic mass is 10.0. The van der Waals surface area contributed by atoms with E-state index in [4.69, 9.17) is 18.5 Å². The maximum Gasteiger partial charge on any atom is 0.472 e. The van der Waals surface area contributed by atoms with Crippen LogP contribution in [0.25, 0.3) is 0 Å². The van der Waals surface area contributed by atoms with Crippen molar-refractivity contribution in [3.63, 3.8) is 0 Å². The van der Waals surface area contributed by atoms with Gasteiger partial charge in [0.2, 0.25) is 0 Å². The van der Waals surface area contributed by atoms with Gasteiger partial charge in [0, 0.05) is 12.8 Å². The van der Waals surface area contributed by atoms with E-state index in [1.807, 2.05) is 21.1 Å². The summed E-state index contributed by atoms with van der Waals surface area (Å²) in [7, 11) is 1.49. The predicted octanol–water partition coefficient (Wildman–Crippen LogP) is 14.5. The summed E-state index contributed by atoms with van der Waals surface area (Å²) in [5, 5.41) is 0. The lowest BCUT2D eigenvalue weighted by molar-refractivity contribution is -0.870. The van der Waals surface area contributed by atoms with E-state index < -0.39 is 26.5 Å². The predicted molar refractivity (Wildman–Crippen MR) is 248 cm³/mol. The van der Waals surface area contributed by atoms with E-state index in [1.54, 1.807) is 0 Å². The number of phosphoric acid groups is 1. The Hall–Kier alpha value is -1.25. The van der Waals surface area contributed by atoms with Crippen LogP contribution in [0.3, 0.4) is 0 Å². The molecule has 0 aliphatic rings. The summed E-state index contributed by atoms with van der Waals surface area (Å²) in [5.74, 6) is -0.786. The number of ether oxygens (including phenoxy) is 2. The molecule has 0 saturated heterocycles. The Balaban J connectivity index is 4.24. The third kappa shape index (κ3) is 46.1. The highest BCUT2D eigenvalue weighted by atomic mass is 31.2. The molecule has 350 valence electrons. The molecule has 0 aromatic carbocycles. The van der Waals surface area contributed by atoms with Crippen molar-refractivity contribution in [1.29, 1.82) is 0 Å². The Labute approximate surface area is 365 Å². The zero-order valence-corrected chi connectivity index (χ0v) is 40.4. The number of hydrogen-bond donors (Lipinski definition) is 1. The van der Waals surface area contributed by atoms with Crippen LogP contribution in [0.5, 0.6) is 0 Å². The Morgan fingerprint density at radius 1 is 0.508 bits per heavy atom. The van der Waals surface area contributed by atoms with Gasteiger partial charge in [0.25, 0.3) is 0 Å². The Bertz CT molecular complexity index is 1020. The van der Waals surface area contributed by atoms with Crippen molar-refractivity contribution < 1.29 is 42.1 Å². The van der Waals surface area contributed by atoms with E-state index in [9.17, 15) is 19.0 Å². The maximum atomic E-state index is 12.7. The Morgan fingerprint density at radius 3 is 1.25 bits per heavy atom. The fourth-order valence-electron chi connectivity index (χ4n) is 7.13. The maximum absolute atomic E-state index is 12.7. The molecule has 0 aliphatic carbocycles. The van der Waals surface area contributed by atoms with Crippen LogP contribution >= 0.6 is 7.82 Å². The molecule has 0 aromatic heterocycles. The number of carbonyl (C=O) groups is 2. The molecule has 0 bridgehead atoms. The van der Waals surface area contributed by atoms with Gasteiger partial charge >= 0.3 is 19.8 Å². The minimum Gasteiger partial charge on any atom is -0.462 e. The highest BCUT2D eigenvalue weighted by Crippen LogP contribution is 2.43. The SMILES string of the molecule is CCCCCCCC/C=C/CCCCCCCCCCCC(=O)OC[C@H](COP(=O)(O)OCC[N+](C)(C)C)OC(=O)CCCCCCCCCCCCCCCCCC. The highest BCUT2D eigenvalue weighted by molar-refractivity contribution is 7.47. The summed E-state index contributed by atoms with van der Waals surface area (Å²) in [4.78, 5) is 35.5. The molecule has 0 amide bonds. The van der Waals surface area contributed by atoms with Crippen LogP contribution in [0.4, 0.5) is 0 Å². The number of nitrogens with zero attached hydrogens (tertiary/aromatic N) is 1. The van der Waals surface area contributed by atoms with Gasteiger partial charge in [-0.05, 0) is 38.5 Å².